The fourth-order valence-corrected chi connectivity index (χ4v) is 5.32. The summed E-state index contributed by atoms with van der Waals surface area (Å²) in [6, 6.07) is 5.00. The summed E-state index contributed by atoms with van der Waals surface area (Å²) < 4.78 is 40.4. The monoisotopic (exact) mass is 390 g/mol. The molecule has 0 aliphatic carbocycles. The summed E-state index contributed by atoms with van der Waals surface area (Å²) in [6.07, 6.45) is 4.41. The van der Waals surface area contributed by atoms with E-state index in [2.05, 4.69) is 16.9 Å². The Morgan fingerprint density at radius 2 is 1.96 bits per heavy atom. The standard InChI is InChI=1S/C19H23FN4O2S/c1-23-10-8-18-15(12-23)11-21-19(22-18)14-3-2-9-24(13-14)27(25,26)17-6-4-16(20)5-7-17/h4-7,11,14H,2-3,8-10,12-13H2,1H3/t14-/m1/s1. The van der Waals surface area contributed by atoms with E-state index in [0.29, 0.717) is 13.1 Å². The minimum atomic E-state index is -3.64. The van der Waals surface area contributed by atoms with Gasteiger partial charge in [-0.2, -0.15) is 4.31 Å². The number of hydrogen-bond donors (Lipinski definition) is 0. The van der Waals surface area contributed by atoms with Crippen molar-refractivity contribution in [1.29, 1.82) is 0 Å². The molecule has 1 aromatic heterocycles. The first-order valence-corrected chi connectivity index (χ1v) is 10.7. The molecule has 0 N–H and O–H groups in total. The molecule has 1 fully saturated rings. The molecule has 6 nitrogen and oxygen atoms in total. The van der Waals surface area contributed by atoms with Gasteiger partial charge in [0.15, 0.2) is 0 Å². The van der Waals surface area contributed by atoms with Crippen LogP contribution in [0.1, 0.15) is 35.8 Å². The van der Waals surface area contributed by atoms with Crippen LogP contribution in [0, 0.1) is 5.82 Å². The van der Waals surface area contributed by atoms with Gasteiger partial charge < -0.3 is 4.90 Å². The second-order valence-electron chi connectivity index (χ2n) is 7.34. The highest BCUT2D eigenvalue weighted by atomic mass is 32.2. The summed E-state index contributed by atoms with van der Waals surface area (Å²) in [4.78, 5) is 11.7. The third kappa shape index (κ3) is 3.74. The van der Waals surface area contributed by atoms with Crippen LogP contribution >= 0.6 is 0 Å². The first-order chi connectivity index (χ1) is 12.9. The normalized spacial score (nSPS) is 21.8. The predicted molar refractivity (Wildman–Crippen MR) is 99.2 cm³/mol. The summed E-state index contributed by atoms with van der Waals surface area (Å²) in [5.41, 5.74) is 2.23. The third-order valence-corrected chi connectivity index (χ3v) is 7.22. The Labute approximate surface area is 159 Å². The van der Waals surface area contributed by atoms with E-state index < -0.39 is 15.8 Å². The van der Waals surface area contributed by atoms with Gasteiger partial charge in [0.1, 0.15) is 11.6 Å². The number of piperidine rings is 1. The van der Waals surface area contributed by atoms with E-state index in [1.165, 1.54) is 28.6 Å². The number of sulfonamides is 1. The summed E-state index contributed by atoms with van der Waals surface area (Å²) in [6.45, 7) is 2.65. The fourth-order valence-electron chi connectivity index (χ4n) is 3.80. The van der Waals surface area contributed by atoms with Gasteiger partial charge in [-0.15, -0.1) is 0 Å². The Morgan fingerprint density at radius 1 is 1.19 bits per heavy atom. The molecule has 2 aliphatic heterocycles. The van der Waals surface area contributed by atoms with Crippen LogP contribution in [0.2, 0.25) is 0 Å². The zero-order valence-corrected chi connectivity index (χ0v) is 16.1. The van der Waals surface area contributed by atoms with Gasteiger partial charge in [-0.1, -0.05) is 0 Å². The zero-order valence-electron chi connectivity index (χ0n) is 15.3. The van der Waals surface area contributed by atoms with Crippen LogP contribution in [-0.2, 0) is 23.0 Å². The van der Waals surface area contributed by atoms with Crippen molar-refractivity contribution >= 4 is 10.0 Å². The molecule has 4 rings (SSSR count). The molecule has 144 valence electrons. The van der Waals surface area contributed by atoms with Crippen LogP contribution in [0.4, 0.5) is 4.39 Å². The molecule has 1 aromatic carbocycles. The lowest BCUT2D eigenvalue weighted by Crippen LogP contribution is -2.39. The van der Waals surface area contributed by atoms with Crippen molar-refractivity contribution in [2.75, 3.05) is 26.7 Å². The zero-order chi connectivity index (χ0) is 19.0. The van der Waals surface area contributed by atoms with E-state index in [1.807, 2.05) is 6.20 Å². The third-order valence-electron chi connectivity index (χ3n) is 5.34. The first-order valence-electron chi connectivity index (χ1n) is 9.22. The Balaban J connectivity index is 1.55. The number of hydrogen-bond acceptors (Lipinski definition) is 5. The lowest BCUT2D eigenvalue weighted by Gasteiger charge is -2.32. The second-order valence-corrected chi connectivity index (χ2v) is 9.28. The van der Waals surface area contributed by atoms with Crippen LogP contribution in [0.5, 0.6) is 0 Å². The van der Waals surface area contributed by atoms with Gasteiger partial charge in [-0.3, -0.25) is 0 Å². The molecule has 0 amide bonds. The largest absolute Gasteiger partial charge is 0.302 e. The molecule has 0 bridgehead atoms. The minimum absolute atomic E-state index is 0.0149. The van der Waals surface area contributed by atoms with E-state index >= 15 is 0 Å². The Bertz CT molecular complexity index is 933. The van der Waals surface area contributed by atoms with Gasteiger partial charge in [0.25, 0.3) is 0 Å². The van der Waals surface area contributed by atoms with E-state index in [1.54, 1.807) is 0 Å². The Morgan fingerprint density at radius 3 is 2.74 bits per heavy atom. The molecule has 8 heteroatoms. The van der Waals surface area contributed by atoms with Crippen LogP contribution in [0.15, 0.2) is 35.4 Å². The number of halogens is 1. The van der Waals surface area contributed by atoms with Gasteiger partial charge in [-0.25, -0.2) is 22.8 Å². The maximum atomic E-state index is 13.1. The molecule has 0 unspecified atom stereocenters. The maximum absolute atomic E-state index is 13.1. The molecule has 0 saturated carbocycles. The molecule has 3 heterocycles. The average Bonchev–Trinajstić information content (AvgIpc) is 2.68. The van der Waals surface area contributed by atoms with Crippen molar-refractivity contribution < 1.29 is 12.8 Å². The van der Waals surface area contributed by atoms with Crippen molar-refractivity contribution in [3.8, 4) is 0 Å². The van der Waals surface area contributed by atoms with Gasteiger partial charge in [0.05, 0.1) is 4.90 Å². The second kappa shape index (κ2) is 7.26. The smallest absolute Gasteiger partial charge is 0.243 e. The fraction of sp³-hybridized carbons (Fsp3) is 0.474. The number of rotatable bonds is 3. The number of aromatic nitrogens is 2. The van der Waals surface area contributed by atoms with Crippen LogP contribution < -0.4 is 0 Å². The summed E-state index contributed by atoms with van der Waals surface area (Å²) >= 11 is 0. The van der Waals surface area contributed by atoms with Gasteiger partial charge in [0, 0.05) is 56.0 Å². The van der Waals surface area contributed by atoms with Crippen LogP contribution in [0.25, 0.3) is 0 Å². The van der Waals surface area contributed by atoms with E-state index in [-0.39, 0.29) is 10.8 Å². The number of fused-ring (bicyclic) bond motifs is 1. The summed E-state index contributed by atoms with van der Waals surface area (Å²) in [7, 11) is -1.56. The molecule has 0 radical (unpaired) electrons. The number of nitrogens with zero attached hydrogens (tertiary/aromatic N) is 4. The molecular formula is C19H23FN4O2S. The van der Waals surface area contributed by atoms with Crippen molar-refractivity contribution in [3.63, 3.8) is 0 Å². The van der Waals surface area contributed by atoms with Gasteiger partial charge >= 0.3 is 0 Å². The quantitative estimate of drug-likeness (QED) is 0.804. The lowest BCUT2D eigenvalue weighted by molar-refractivity contribution is 0.299. The molecule has 1 atom stereocenters. The number of likely N-dealkylation sites (N-methyl/N-ethyl adjacent to an activating group) is 1. The summed E-state index contributed by atoms with van der Waals surface area (Å²) in [5.74, 6) is 0.273. The van der Waals surface area contributed by atoms with Crippen LogP contribution in [-0.4, -0.2) is 54.3 Å². The predicted octanol–water partition coefficient (Wildman–Crippen LogP) is 2.17. The SMILES string of the molecule is CN1CCc2nc([C@@H]3CCCN(S(=O)(=O)c4ccc(F)cc4)C3)ncc2C1. The maximum Gasteiger partial charge on any atom is 0.243 e. The molecule has 27 heavy (non-hydrogen) atoms. The van der Waals surface area contributed by atoms with E-state index in [0.717, 1.165) is 49.4 Å². The molecule has 1 saturated heterocycles. The highest BCUT2D eigenvalue weighted by Crippen LogP contribution is 2.29. The highest BCUT2D eigenvalue weighted by molar-refractivity contribution is 7.89. The highest BCUT2D eigenvalue weighted by Gasteiger charge is 2.32. The Hall–Kier alpha value is -1.90. The minimum Gasteiger partial charge on any atom is -0.302 e. The average molecular weight is 390 g/mol. The molecule has 2 aliphatic rings. The lowest BCUT2D eigenvalue weighted by atomic mass is 9.98. The Kier molecular flexibility index (Phi) is 4.96. The van der Waals surface area contributed by atoms with Crippen molar-refractivity contribution in [3.05, 3.63) is 53.4 Å². The van der Waals surface area contributed by atoms with E-state index in [9.17, 15) is 12.8 Å². The van der Waals surface area contributed by atoms with Crippen molar-refractivity contribution in [2.45, 2.75) is 36.6 Å². The first kappa shape index (κ1) is 18.5. The molecular weight excluding hydrogens is 367 g/mol. The van der Waals surface area contributed by atoms with Crippen LogP contribution in [0.3, 0.4) is 0 Å². The molecule has 0 spiro atoms. The molecule has 2 aromatic rings. The van der Waals surface area contributed by atoms with Crippen molar-refractivity contribution in [1.82, 2.24) is 19.2 Å². The van der Waals surface area contributed by atoms with E-state index in [4.69, 9.17) is 4.98 Å². The van der Waals surface area contributed by atoms with Crippen molar-refractivity contribution in [2.24, 2.45) is 0 Å². The number of benzene rings is 1. The topological polar surface area (TPSA) is 66.4 Å². The van der Waals surface area contributed by atoms with Gasteiger partial charge in [-0.05, 0) is 44.2 Å². The summed E-state index contributed by atoms with van der Waals surface area (Å²) in [5, 5.41) is 0. The van der Waals surface area contributed by atoms with Gasteiger partial charge in [0.2, 0.25) is 10.0 Å².